The summed E-state index contributed by atoms with van der Waals surface area (Å²) in [5, 5.41) is 0. The van der Waals surface area contributed by atoms with E-state index in [2.05, 4.69) is 50.9 Å². The third kappa shape index (κ3) is 2.59. The Morgan fingerprint density at radius 3 is 2.56 bits per heavy atom. The molecule has 1 heterocycles. The number of aromatic nitrogens is 1. The Balaban J connectivity index is 2.49. The summed E-state index contributed by atoms with van der Waals surface area (Å²) in [4.78, 5) is 4.15. The van der Waals surface area contributed by atoms with Gasteiger partial charge in [-0.05, 0) is 29.5 Å². The zero-order valence-electron chi connectivity index (χ0n) is 11.2. The van der Waals surface area contributed by atoms with Gasteiger partial charge in [-0.25, -0.2) is 4.98 Å². The predicted octanol–water partition coefficient (Wildman–Crippen LogP) is 4.69. The maximum Gasteiger partial charge on any atom is 0.209 e. The fourth-order valence-electron chi connectivity index (χ4n) is 1.85. The topological polar surface area (TPSA) is 26.0 Å². The highest BCUT2D eigenvalue weighted by Gasteiger charge is 2.16. The van der Waals surface area contributed by atoms with E-state index in [0.29, 0.717) is 11.8 Å². The molecule has 0 unspecified atom stereocenters. The van der Waals surface area contributed by atoms with Crippen molar-refractivity contribution in [2.24, 2.45) is 0 Å². The first-order valence-corrected chi connectivity index (χ1v) is 6.57. The highest BCUT2D eigenvalue weighted by Crippen LogP contribution is 2.30. The zero-order valence-corrected chi connectivity index (χ0v) is 12.0. The Labute approximate surface area is 113 Å². The van der Waals surface area contributed by atoms with Crippen LogP contribution in [0, 0.1) is 6.92 Å². The molecule has 2 rings (SSSR count). The van der Waals surface area contributed by atoms with Crippen LogP contribution in [0.4, 0.5) is 0 Å². The van der Waals surface area contributed by atoms with Crippen molar-refractivity contribution in [3.63, 3.8) is 0 Å². The molecule has 0 amide bonds. The highest BCUT2D eigenvalue weighted by molar-refractivity contribution is 6.16. The molecule has 0 aliphatic rings. The van der Waals surface area contributed by atoms with Gasteiger partial charge >= 0.3 is 0 Å². The number of hydrogen-bond donors (Lipinski definition) is 0. The van der Waals surface area contributed by atoms with E-state index < -0.39 is 0 Å². The van der Waals surface area contributed by atoms with Gasteiger partial charge in [0.1, 0.15) is 0 Å². The number of aryl methyl sites for hydroxylation is 1. The summed E-state index contributed by atoms with van der Waals surface area (Å²) in [7, 11) is 0. The molecule has 0 N–H and O–H groups in total. The van der Waals surface area contributed by atoms with Gasteiger partial charge in [-0.3, -0.25) is 0 Å². The lowest BCUT2D eigenvalue weighted by Gasteiger charge is -2.20. The van der Waals surface area contributed by atoms with Crippen molar-refractivity contribution >= 4 is 11.6 Å². The molecule has 1 aromatic heterocycles. The third-order valence-corrected chi connectivity index (χ3v) is 3.27. The van der Waals surface area contributed by atoms with E-state index in [9.17, 15) is 0 Å². The van der Waals surface area contributed by atoms with Gasteiger partial charge in [0.2, 0.25) is 5.89 Å². The van der Waals surface area contributed by atoms with Gasteiger partial charge in [0.05, 0.1) is 12.1 Å². The van der Waals surface area contributed by atoms with Crippen LogP contribution in [-0.4, -0.2) is 4.98 Å². The summed E-state index contributed by atoms with van der Waals surface area (Å²) in [6.45, 7) is 8.68. The van der Waals surface area contributed by atoms with Gasteiger partial charge in [-0.15, -0.1) is 11.6 Å². The van der Waals surface area contributed by atoms with Gasteiger partial charge in [-0.1, -0.05) is 32.9 Å². The molecule has 0 aliphatic heterocycles. The number of rotatable bonds is 2. The minimum absolute atomic E-state index is 0.123. The molecule has 18 heavy (non-hydrogen) atoms. The van der Waals surface area contributed by atoms with E-state index in [1.165, 1.54) is 11.1 Å². The predicted molar refractivity (Wildman–Crippen MR) is 74.9 cm³/mol. The van der Waals surface area contributed by atoms with E-state index in [1.54, 1.807) is 6.20 Å². The summed E-state index contributed by atoms with van der Waals surface area (Å²) in [5.74, 6) is 1.65. The highest BCUT2D eigenvalue weighted by atomic mass is 35.5. The molecule has 0 spiro atoms. The summed E-state index contributed by atoms with van der Waals surface area (Å²) < 4.78 is 5.62. The number of benzene rings is 1. The van der Waals surface area contributed by atoms with Crippen LogP contribution in [0.15, 0.2) is 28.8 Å². The monoisotopic (exact) mass is 263 g/mol. The van der Waals surface area contributed by atoms with Gasteiger partial charge in [0.15, 0.2) is 5.76 Å². The van der Waals surface area contributed by atoms with Crippen LogP contribution in [0.2, 0.25) is 0 Å². The van der Waals surface area contributed by atoms with E-state index >= 15 is 0 Å². The Hall–Kier alpha value is -1.28. The second-order valence-electron chi connectivity index (χ2n) is 5.53. The second kappa shape index (κ2) is 4.77. The van der Waals surface area contributed by atoms with Crippen molar-refractivity contribution in [3.05, 3.63) is 41.4 Å². The molecule has 1 aromatic carbocycles. The number of nitrogens with zero attached hydrogens (tertiary/aromatic N) is 1. The average Bonchev–Trinajstić information content (AvgIpc) is 2.76. The van der Waals surface area contributed by atoms with E-state index in [-0.39, 0.29) is 5.41 Å². The van der Waals surface area contributed by atoms with Crippen molar-refractivity contribution in [1.29, 1.82) is 0 Å². The van der Waals surface area contributed by atoms with Crippen molar-refractivity contribution in [1.82, 2.24) is 4.98 Å². The van der Waals surface area contributed by atoms with Gasteiger partial charge in [-0.2, -0.15) is 0 Å². The lowest BCUT2D eigenvalue weighted by Crippen LogP contribution is -2.11. The molecule has 0 bridgehead atoms. The van der Waals surface area contributed by atoms with Crippen LogP contribution in [0.5, 0.6) is 0 Å². The summed E-state index contributed by atoms with van der Waals surface area (Å²) in [6.07, 6.45) is 1.74. The fourth-order valence-corrected chi connectivity index (χ4v) is 1.97. The first kappa shape index (κ1) is 13.2. The Morgan fingerprint density at radius 2 is 2.00 bits per heavy atom. The zero-order chi connectivity index (χ0) is 13.3. The second-order valence-corrected chi connectivity index (χ2v) is 5.80. The fraction of sp³-hybridized carbons (Fsp3) is 0.400. The molecule has 0 radical (unpaired) electrons. The molecule has 96 valence electrons. The lowest BCUT2D eigenvalue weighted by molar-refractivity contribution is 0.528. The Morgan fingerprint density at radius 1 is 1.28 bits per heavy atom. The summed E-state index contributed by atoms with van der Waals surface area (Å²) >= 11 is 5.72. The molecule has 0 aliphatic carbocycles. The third-order valence-electron chi connectivity index (χ3n) is 3.04. The smallest absolute Gasteiger partial charge is 0.209 e. The van der Waals surface area contributed by atoms with Crippen LogP contribution in [0.3, 0.4) is 0 Å². The van der Waals surface area contributed by atoms with Crippen LogP contribution in [0.1, 0.15) is 37.8 Å². The first-order valence-electron chi connectivity index (χ1n) is 6.04. The van der Waals surface area contributed by atoms with Gasteiger partial charge in [0, 0.05) is 5.56 Å². The molecule has 2 aromatic rings. The standard InChI is InChI=1S/C15H18ClNO/c1-10-5-6-11(15(2,3)4)7-12(10)13-9-17-14(8-16)18-13/h5-7,9H,8H2,1-4H3. The molecule has 2 nitrogen and oxygen atoms in total. The number of hydrogen-bond acceptors (Lipinski definition) is 2. The van der Waals surface area contributed by atoms with Crippen molar-refractivity contribution in [2.45, 2.75) is 39.0 Å². The van der Waals surface area contributed by atoms with Crippen LogP contribution in [0.25, 0.3) is 11.3 Å². The first-order chi connectivity index (χ1) is 8.41. The number of oxazole rings is 1. The van der Waals surface area contributed by atoms with Crippen LogP contribution >= 0.6 is 11.6 Å². The quantitative estimate of drug-likeness (QED) is 0.735. The number of halogens is 1. The molecule has 0 saturated carbocycles. The molecular weight excluding hydrogens is 246 g/mol. The molecule has 0 fully saturated rings. The van der Waals surface area contributed by atoms with Gasteiger partial charge < -0.3 is 4.42 Å². The van der Waals surface area contributed by atoms with Gasteiger partial charge in [0.25, 0.3) is 0 Å². The minimum Gasteiger partial charge on any atom is -0.439 e. The van der Waals surface area contributed by atoms with E-state index in [0.717, 1.165) is 11.3 Å². The summed E-state index contributed by atoms with van der Waals surface area (Å²) in [5.41, 5.74) is 3.68. The average molecular weight is 264 g/mol. The SMILES string of the molecule is Cc1ccc(C(C)(C)C)cc1-c1cnc(CCl)o1. The minimum atomic E-state index is 0.123. The maximum absolute atomic E-state index is 5.72. The van der Waals surface area contributed by atoms with Crippen molar-refractivity contribution in [2.75, 3.05) is 0 Å². The molecule has 0 atom stereocenters. The van der Waals surface area contributed by atoms with E-state index in [1.807, 2.05) is 0 Å². The molecule has 3 heteroatoms. The Kier molecular flexibility index (Phi) is 3.49. The summed E-state index contributed by atoms with van der Waals surface area (Å²) in [6, 6.07) is 6.46. The molecular formula is C15H18ClNO. The largest absolute Gasteiger partial charge is 0.439 e. The Bertz CT molecular complexity index is 552. The normalized spacial score (nSPS) is 11.8. The van der Waals surface area contributed by atoms with Crippen LogP contribution in [-0.2, 0) is 11.3 Å². The number of alkyl halides is 1. The van der Waals surface area contributed by atoms with Crippen molar-refractivity contribution < 1.29 is 4.42 Å². The van der Waals surface area contributed by atoms with E-state index in [4.69, 9.17) is 16.0 Å². The molecule has 0 saturated heterocycles. The van der Waals surface area contributed by atoms with Crippen molar-refractivity contribution in [3.8, 4) is 11.3 Å². The lowest BCUT2D eigenvalue weighted by atomic mass is 9.85. The van der Waals surface area contributed by atoms with Crippen LogP contribution < -0.4 is 0 Å². The maximum atomic E-state index is 5.72.